The number of hydrogen-bond acceptors (Lipinski definition) is 10. The maximum Gasteiger partial charge on any atom is 0.329 e. The first-order valence-electron chi connectivity index (χ1n) is 17.3. The molecule has 1 unspecified atom stereocenters. The number of nitrogens with one attached hydrogen (secondary N) is 2. The molecular formula is C40H41N5O7. The molecule has 268 valence electrons. The van der Waals surface area contributed by atoms with Crippen molar-refractivity contribution in [1.29, 1.82) is 0 Å². The van der Waals surface area contributed by atoms with E-state index in [9.17, 15) is 24.0 Å². The Morgan fingerprint density at radius 2 is 1.69 bits per heavy atom. The molecule has 0 saturated carbocycles. The minimum atomic E-state index is -1.44. The minimum Gasteiger partial charge on any atom is -0.490 e. The molecule has 1 aromatic heterocycles. The van der Waals surface area contributed by atoms with Gasteiger partial charge in [-0.1, -0.05) is 42.5 Å². The van der Waals surface area contributed by atoms with E-state index >= 15 is 0 Å². The predicted molar refractivity (Wildman–Crippen MR) is 195 cm³/mol. The van der Waals surface area contributed by atoms with Crippen LogP contribution >= 0.6 is 0 Å². The van der Waals surface area contributed by atoms with E-state index in [0.29, 0.717) is 65.2 Å². The van der Waals surface area contributed by atoms with Crippen molar-refractivity contribution in [2.75, 3.05) is 23.8 Å². The summed E-state index contributed by atoms with van der Waals surface area (Å²) in [6.45, 7) is 3.68. The topological polar surface area (TPSA) is 180 Å². The summed E-state index contributed by atoms with van der Waals surface area (Å²) in [5, 5.41) is 5.76. The number of unbranched alkanes of at least 4 members (excludes halogenated alkanes) is 1. The van der Waals surface area contributed by atoms with Gasteiger partial charge in [0.05, 0.1) is 36.2 Å². The summed E-state index contributed by atoms with van der Waals surface area (Å²) in [6, 6.07) is 24.0. The zero-order chi connectivity index (χ0) is 36.9. The monoisotopic (exact) mass is 703 g/mol. The van der Waals surface area contributed by atoms with E-state index in [1.165, 1.54) is 0 Å². The van der Waals surface area contributed by atoms with Gasteiger partial charge in [0.25, 0.3) is 11.8 Å². The molecule has 0 bridgehead atoms. The smallest absolute Gasteiger partial charge is 0.329 e. The molecule has 3 heterocycles. The molecule has 0 radical (unpaired) electrons. The molecular weight excluding hydrogens is 662 g/mol. The Morgan fingerprint density at radius 1 is 0.962 bits per heavy atom. The van der Waals surface area contributed by atoms with Gasteiger partial charge in [-0.2, -0.15) is 0 Å². The normalized spacial score (nSPS) is 19.3. The number of fused-ring (bicyclic) bond motifs is 1. The van der Waals surface area contributed by atoms with Crippen molar-refractivity contribution in [2.24, 2.45) is 0 Å². The van der Waals surface area contributed by atoms with Gasteiger partial charge in [-0.25, -0.2) is 9.78 Å². The third-order valence-electron chi connectivity index (χ3n) is 9.40. The van der Waals surface area contributed by atoms with Crippen LogP contribution in [0.4, 0.5) is 17.2 Å². The van der Waals surface area contributed by atoms with E-state index in [1.54, 1.807) is 55.3 Å². The number of hydrogen-bond donors (Lipinski definition) is 3. The summed E-state index contributed by atoms with van der Waals surface area (Å²) >= 11 is 0. The number of anilines is 3. The number of esters is 1. The first kappa shape index (κ1) is 35.9. The summed E-state index contributed by atoms with van der Waals surface area (Å²) in [4.78, 5) is 70.1. The van der Waals surface area contributed by atoms with Gasteiger partial charge in [0, 0.05) is 24.6 Å². The number of aromatic nitrogens is 1. The fourth-order valence-corrected chi connectivity index (χ4v) is 6.73. The third-order valence-corrected chi connectivity index (χ3v) is 9.40. The average molecular weight is 704 g/mol. The Hall–Kier alpha value is -5.88. The lowest BCUT2D eigenvalue weighted by molar-refractivity contribution is -0.151. The molecule has 3 aromatic carbocycles. The molecule has 52 heavy (non-hydrogen) atoms. The Labute approximate surface area is 301 Å². The van der Waals surface area contributed by atoms with Crippen LogP contribution in [0.5, 0.6) is 5.75 Å². The zero-order valence-corrected chi connectivity index (χ0v) is 29.1. The van der Waals surface area contributed by atoms with Crippen LogP contribution in [-0.4, -0.2) is 65.7 Å². The first-order valence-corrected chi connectivity index (χ1v) is 17.3. The number of nitrogens with two attached hydrogens (primary N) is 1. The number of aryl methyl sites for hydroxylation is 1. The highest BCUT2D eigenvalue weighted by atomic mass is 16.5. The van der Waals surface area contributed by atoms with Crippen LogP contribution in [0.15, 0.2) is 85.1 Å². The highest BCUT2D eigenvalue weighted by Gasteiger charge is 2.72. The van der Waals surface area contributed by atoms with Gasteiger partial charge in [0.1, 0.15) is 23.7 Å². The number of amides is 2. The number of nitrogen functional groups attached to an aromatic ring is 1. The van der Waals surface area contributed by atoms with E-state index in [1.807, 2.05) is 48.5 Å². The summed E-state index contributed by atoms with van der Waals surface area (Å²) in [6.07, 6.45) is 4.49. The van der Waals surface area contributed by atoms with E-state index in [-0.39, 0.29) is 31.2 Å². The number of benzene rings is 3. The Morgan fingerprint density at radius 3 is 2.40 bits per heavy atom. The van der Waals surface area contributed by atoms with Crippen molar-refractivity contribution in [3.8, 4) is 16.9 Å². The Balaban J connectivity index is 1.31. The van der Waals surface area contributed by atoms with Crippen LogP contribution in [0.3, 0.4) is 0 Å². The van der Waals surface area contributed by atoms with Crippen molar-refractivity contribution in [2.45, 2.75) is 63.1 Å². The van der Waals surface area contributed by atoms with Crippen LogP contribution < -0.4 is 26.0 Å². The molecule has 1 saturated heterocycles. The quantitative estimate of drug-likeness (QED) is 0.0691. The number of aldehydes is 2. The maximum absolute atomic E-state index is 13.8. The molecule has 12 nitrogen and oxygen atoms in total. The van der Waals surface area contributed by atoms with Gasteiger partial charge in [-0.3, -0.25) is 19.8 Å². The lowest BCUT2D eigenvalue weighted by Crippen LogP contribution is -2.40. The van der Waals surface area contributed by atoms with Gasteiger partial charge in [-0.15, -0.1) is 0 Å². The second-order valence-electron chi connectivity index (χ2n) is 13.3. The van der Waals surface area contributed by atoms with Crippen molar-refractivity contribution < 1.29 is 33.4 Å². The van der Waals surface area contributed by atoms with Crippen molar-refractivity contribution in [1.82, 2.24) is 15.6 Å². The average Bonchev–Trinajstić information content (AvgIpc) is 3.81. The van der Waals surface area contributed by atoms with E-state index in [4.69, 9.17) is 15.2 Å². The molecule has 12 heteroatoms. The van der Waals surface area contributed by atoms with Gasteiger partial charge in [0.15, 0.2) is 11.6 Å². The predicted octanol–water partition coefficient (Wildman–Crippen LogP) is 4.50. The van der Waals surface area contributed by atoms with E-state index in [2.05, 4.69) is 15.6 Å². The highest BCUT2D eigenvalue weighted by molar-refractivity contribution is 6.14. The van der Waals surface area contributed by atoms with E-state index in [0.717, 1.165) is 24.0 Å². The highest BCUT2D eigenvalue weighted by Crippen LogP contribution is 2.45. The van der Waals surface area contributed by atoms with Crippen molar-refractivity contribution >= 4 is 47.5 Å². The maximum atomic E-state index is 13.8. The standard InChI is InChI=1S/C40H41N5O7/c1-26(2)52-38(50)40(39(25-47,44-40)17-19-46)23-28-14-16-32(30(22-28)29-10-4-3-5-11-29)45-33-15-13-27(21-31(33)37(49)43-24-35(45)48)9-6-7-20-51-34-12-8-18-42-36(34)41/h3-5,8,10-16,18-19,21-22,25-26,44H,6-7,9,17,20,23-24H2,1-2H3,(H2,41,42)(H,43,49)/t39?,40-/m0/s1. The Bertz CT molecular complexity index is 2000. The van der Waals surface area contributed by atoms with Crippen LogP contribution in [0.1, 0.15) is 54.6 Å². The molecule has 4 N–H and O–H groups in total. The van der Waals surface area contributed by atoms with Crippen LogP contribution in [0.2, 0.25) is 0 Å². The van der Waals surface area contributed by atoms with Gasteiger partial charge >= 0.3 is 5.97 Å². The van der Waals surface area contributed by atoms with Gasteiger partial charge < -0.3 is 30.1 Å². The third kappa shape index (κ3) is 7.15. The number of pyridine rings is 1. The summed E-state index contributed by atoms with van der Waals surface area (Å²) in [5.41, 5.74) is 7.45. The number of ether oxygens (including phenoxy) is 2. The number of rotatable bonds is 15. The molecule has 2 aliphatic heterocycles. The number of carbonyl (C=O) groups excluding carboxylic acids is 5. The second kappa shape index (κ2) is 15.2. The lowest BCUT2D eigenvalue weighted by Gasteiger charge is -2.26. The molecule has 2 aliphatic rings. The van der Waals surface area contributed by atoms with E-state index < -0.39 is 23.2 Å². The van der Waals surface area contributed by atoms with Gasteiger partial charge in [-0.05, 0) is 86.2 Å². The molecule has 4 aromatic rings. The summed E-state index contributed by atoms with van der Waals surface area (Å²) in [7, 11) is 0. The van der Waals surface area contributed by atoms with Crippen molar-refractivity contribution in [3.05, 3.63) is 102 Å². The van der Waals surface area contributed by atoms with Gasteiger partial charge in [0.2, 0.25) is 0 Å². The molecule has 2 atom stereocenters. The SMILES string of the molecule is CC(C)OC(=O)[C@]1(Cc2ccc(N3C(=O)CNC(=O)c4cc(CCCCOc5cccnc5N)ccc43)c(-c3ccccc3)c2)NC1(C=O)CC=O. The zero-order valence-electron chi connectivity index (χ0n) is 29.1. The summed E-state index contributed by atoms with van der Waals surface area (Å²) < 4.78 is 11.3. The number of nitrogens with zero attached hydrogens (tertiary/aromatic N) is 2. The molecule has 0 spiro atoms. The van der Waals surface area contributed by atoms with Crippen molar-refractivity contribution in [3.63, 3.8) is 0 Å². The molecule has 0 aliphatic carbocycles. The molecule has 1 fully saturated rings. The minimum absolute atomic E-state index is 0.0554. The second-order valence-corrected chi connectivity index (χ2v) is 13.3. The molecule has 6 rings (SSSR count). The fraction of sp³-hybridized carbons (Fsp3) is 0.300. The van der Waals surface area contributed by atoms with Crippen LogP contribution in [-0.2, 0) is 36.8 Å². The largest absolute Gasteiger partial charge is 0.490 e. The van der Waals surface area contributed by atoms with Crippen LogP contribution in [0, 0.1) is 0 Å². The van der Waals surface area contributed by atoms with Crippen LogP contribution in [0.25, 0.3) is 11.1 Å². The fourth-order valence-electron chi connectivity index (χ4n) is 6.73. The molecule has 2 amide bonds. The Kier molecular flexibility index (Phi) is 10.5. The first-order chi connectivity index (χ1) is 25.1. The lowest BCUT2D eigenvalue weighted by atomic mass is 9.85. The number of carbonyl (C=O) groups is 5. The summed E-state index contributed by atoms with van der Waals surface area (Å²) in [5.74, 6) is -0.422.